The Bertz CT molecular complexity index is 644. The van der Waals surface area contributed by atoms with Crippen LogP contribution in [0.4, 0.5) is 5.69 Å². The maximum Gasteiger partial charge on any atom is 0.0449 e. The summed E-state index contributed by atoms with van der Waals surface area (Å²) in [6.45, 7) is 13.5. The van der Waals surface area contributed by atoms with E-state index in [2.05, 4.69) is 80.4 Å². The van der Waals surface area contributed by atoms with E-state index in [-0.39, 0.29) is 0 Å². The van der Waals surface area contributed by atoms with Gasteiger partial charge in [-0.25, -0.2) is 0 Å². The van der Waals surface area contributed by atoms with Gasteiger partial charge < -0.3 is 4.90 Å². The van der Waals surface area contributed by atoms with Crippen molar-refractivity contribution >= 4 is 5.69 Å². The van der Waals surface area contributed by atoms with E-state index in [0.717, 1.165) is 18.5 Å². The standard InChI is InChI=1S/C24H29N/c1-5-8-9-10-14-20-25(24-18-12-11-13-19-24)21-15-17-23(16-6-2)22(4)7-3/h5-9,11-16,18-22H,1-3,10,17H2,4H3/b9-8+,20-14-,21-15-,23-16-. The molecular formula is C24H29N. The SMILES string of the molecule is C=C/C=C(/C/C=C\N(/C=C\C/C=C/C=C)c1ccccc1)C(C)C=C. The average molecular weight is 332 g/mol. The maximum atomic E-state index is 3.89. The predicted molar refractivity (Wildman–Crippen MR) is 113 cm³/mol. The lowest BCUT2D eigenvalue weighted by Gasteiger charge is -2.16. The molecule has 0 aromatic heterocycles. The fourth-order valence-electron chi connectivity index (χ4n) is 2.26. The highest BCUT2D eigenvalue weighted by Crippen LogP contribution is 2.18. The van der Waals surface area contributed by atoms with Crippen molar-refractivity contribution in [3.05, 3.63) is 117 Å². The zero-order valence-corrected chi connectivity index (χ0v) is 15.2. The second-order valence-corrected chi connectivity index (χ2v) is 5.62. The highest BCUT2D eigenvalue weighted by molar-refractivity contribution is 5.52. The van der Waals surface area contributed by atoms with Gasteiger partial charge in [0.25, 0.3) is 0 Å². The minimum absolute atomic E-state index is 0.340. The molecule has 1 atom stereocenters. The Labute approximate surface area is 153 Å². The van der Waals surface area contributed by atoms with Gasteiger partial charge in [-0.1, -0.05) is 92.5 Å². The van der Waals surface area contributed by atoms with Crippen LogP contribution in [0.2, 0.25) is 0 Å². The first-order valence-electron chi connectivity index (χ1n) is 8.61. The first kappa shape index (κ1) is 20.2. The van der Waals surface area contributed by atoms with E-state index in [9.17, 15) is 0 Å². The van der Waals surface area contributed by atoms with E-state index < -0.39 is 0 Å². The van der Waals surface area contributed by atoms with Crippen LogP contribution in [0.3, 0.4) is 0 Å². The molecule has 0 heterocycles. The predicted octanol–water partition coefficient (Wildman–Crippen LogP) is 6.98. The molecule has 130 valence electrons. The number of para-hydroxylation sites is 1. The van der Waals surface area contributed by atoms with Crippen molar-refractivity contribution in [2.75, 3.05) is 4.90 Å². The Morgan fingerprint density at radius 1 is 1.00 bits per heavy atom. The van der Waals surface area contributed by atoms with Gasteiger partial charge in [0.1, 0.15) is 0 Å². The van der Waals surface area contributed by atoms with Crippen LogP contribution in [0, 0.1) is 5.92 Å². The van der Waals surface area contributed by atoms with Gasteiger partial charge >= 0.3 is 0 Å². The van der Waals surface area contributed by atoms with E-state index in [4.69, 9.17) is 0 Å². The molecule has 1 unspecified atom stereocenters. The smallest absolute Gasteiger partial charge is 0.0449 e. The number of nitrogens with zero attached hydrogens (tertiary/aromatic N) is 1. The molecule has 0 aliphatic carbocycles. The third-order valence-corrected chi connectivity index (χ3v) is 3.75. The van der Waals surface area contributed by atoms with Crippen LogP contribution in [0.5, 0.6) is 0 Å². The minimum atomic E-state index is 0.340. The van der Waals surface area contributed by atoms with Crippen molar-refractivity contribution in [2.24, 2.45) is 5.92 Å². The zero-order valence-electron chi connectivity index (χ0n) is 15.2. The molecule has 0 N–H and O–H groups in total. The van der Waals surface area contributed by atoms with Gasteiger partial charge in [0.2, 0.25) is 0 Å². The third-order valence-electron chi connectivity index (χ3n) is 3.75. The molecule has 1 aromatic rings. The molecule has 0 aliphatic heterocycles. The summed E-state index contributed by atoms with van der Waals surface area (Å²) in [7, 11) is 0. The quantitative estimate of drug-likeness (QED) is 0.312. The van der Waals surface area contributed by atoms with Crippen LogP contribution in [0.1, 0.15) is 19.8 Å². The summed E-state index contributed by atoms with van der Waals surface area (Å²) in [4.78, 5) is 2.13. The molecule has 25 heavy (non-hydrogen) atoms. The maximum absolute atomic E-state index is 3.89. The van der Waals surface area contributed by atoms with E-state index in [0.29, 0.717) is 5.92 Å². The summed E-state index contributed by atoms with van der Waals surface area (Å²) in [6, 6.07) is 10.3. The molecule has 1 rings (SSSR count). The number of rotatable bonds is 11. The third kappa shape index (κ3) is 8.03. The molecule has 0 saturated heterocycles. The van der Waals surface area contributed by atoms with E-state index in [1.807, 2.05) is 36.4 Å². The van der Waals surface area contributed by atoms with Gasteiger partial charge in [-0.2, -0.15) is 0 Å². The van der Waals surface area contributed by atoms with Crippen LogP contribution >= 0.6 is 0 Å². The summed E-state index contributed by atoms with van der Waals surface area (Å²) in [5, 5.41) is 0. The first-order valence-corrected chi connectivity index (χ1v) is 8.61. The van der Waals surface area contributed by atoms with E-state index in [1.165, 1.54) is 5.57 Å². The summed E-state index contributed by atoms with van der Waals surface area (Å²) < 4.78 is 0. The fourth-order valence-corrected chi connectivity index (χ4v) is 2.26. The number of allylic oxidation sites excluding steroid dienone is 9. The Morgan fingerprint density at radius 2 is 1.72 bits per heavy atom. The monoisotopic (exact) mass is 331 g/mol. The molecule has 0 saturated carbocycles. The molecule has 0 fully saturated rings. The van der Waals surface area contributed by atoms with Crippen molar-refractivity contribution in [1.82, 2.24) is 0 Å². The van der Waals surface area contributed by atoms with Gasteiger partial charge in [-0.3, -0.25) is 0 Å². The molecule has 0 spiro atoms. The summed E-state index contributed by atoms with van der Waals surface area (Å²) in [5.74, 6) is 0.340. The lowest BCUT2D eigenvalue weighted by atomic mass is 9.98. The van der Waals surface area contributed by atoms with Gasteiger partial charge in [0, 0.05) is 18.1 Å². The van der Waals surface area contributed by atoms with Crippen molar-refractivity contribution in [3.63, 3.8) is 0 Å². The van der Waals surface area contributed by atoms with Gasteiger partial charge in [0.05, 0.1) is 0 Å². The van der Waals surface area contributed by atoms with Gasteiger partial charge in [-0.15, -0.1) is 6.58 Å². The molecule has 1 nitrogen and oxygen atoms in total. The largest absolute Gasteiger partial charge is 0.324 e. The second kappa shape index (κ2) is 12.6. The van der Waals surface area contributed by atoms with Crippen molar-refractivity contribution in [2.45, 2.75) is 19.8 Å². The fraction of sp³-hybridized carbons (Fsp3) is 0.167. The summed E-state index contributed by atoms with van der Waals surface area (Å²) >= 11 is 0. The zero-order chi connectivity index (χ0) is 18.3. The number of hydrogen-bond donors (Lipinski definition) is 0. The van der Waals surface area contributed by atoms with Crippen LogP contribution in [-0.2, 0) is 0 Å². The summed E-state index contributed by atoms with van der Waals surface area (Å²) in [6.07, 6.45) is 21.9. The number of benzene rings is 1. The van der Waals surface area contributed by atoms with Gasteiger partial charge in [0.15, 0.2) is 0 Å². The normalized spacial score (nSPS) is 13.4. The number of hydrogen-bond acceptors (Lipinski definition) is 1. The average Bonchev–Trinajstić information content (AvgIpc) is 2.65. The van der Waals surface area contributed by atoms with Gasteiger partial charge in [-0.05, 0) is 30.9 Å². The highest BCUT2D eigenvalue weighted by atomic mass is 15.1. The second-order valence-electron chi connectivity index (χ2n) is 5.62. The van der Waals surface area contributed by atoms with Crippen molar-refractivity contribution in [3.8, 4) is 0 Å². The van der Waals surface area contributed by atoms with Crippen LogP contribution in [-0.4, -0.2) is 0 Å². The molecule has 0 aliphatic rings. The molecule has 1 heteroatoms. The molecular weight excluding hydrogens is 302 g/mol. The lowest BCUT2D eigenvalue weighted by molar-refractivity contribution is 0.834. The Hall–Kier alpha value is -2.80. The van der Waals surface area contributed by atoms with E-state index >= 15 is 0 Å². The van der Waals surface area contributed by atoms with Crippen molar-refractivity contribution in [1.29, 1.82) is 0 Å². The van der Waals surface area contributed by atoms with Crippen LogP contribution in [0.25, 0.3) is 0 Å². The Morgan fingerprint density at radius 3 is 2.36 bits per heavy atom. The lowest BCUT2D eigenvalue weighted by Crippen LogP contribution is -2.06. The van der Waals surface area contributed by atoms with Crippen LogP contribution in [0.15, 0.2) is 117 Å². The molecule has 0 radical (unpaired) electrons. The highest BCUT2D eigenvalue weighted by Gasteiger charge is 2.02. The first-order chi connectivity index (χ1) is 12.2. The van der Waals surface area contributed by atoms with E-state index in [1.54, 1.807) is 6.08 Å². The molecule has 0 amide bonds. The van der Waals surface area contributed by atoms with Crippen molar-refractivity contribution < 1.29 is 0 Å². The van der Waals surface area contributed by atoms with Crippen LogP contribution < -0.4 is 4.90 Å². The number of anilines is 1. The molecule has 1 aromatic carbocycles. The minimum Gasteiger partial charge on any atom is -0.324 e. The summed E-state index contributed by atoms with van der Waals surface area (Å²) in [5.41, 5.74) is 2.43. The topological polar surface area (TPSA) is 3.24 Å². The Kier molecular flexibility index (Phi) is 10.2. The molecule has 0 bridgehead atoms. The Balaban J connectivity index is 2.87.